The third kappa shape index (κ3) is 2.17. The van der Waals surface area contributed by atoms with Gasteiger partial charge in [0.2, 0.25) is 0 Å². The second-order valence-corrected chi connectivity index (χ2v) is 6.11. The van der Waals surface area contributed by atoms with E-state index in [1.54, 1.807) is 6.07 Å². The van der Waals surface area contributed by atoms with Gasteiger partial charge in [-0.15, -0.1) is 0 Å². The standard InChI is InChI=1S/C15H19ClFN/c1-18-14(15-11-3-2-4-12(11)15)7-9-5-6-10(16)8-13(9)17/h5-6,8,11-12,14-15,18H,2-4,7H2,1H3. The normalized spacial score (nSPS) is 31.2. The molecule has 1 nitrogen and oxygen atoms in total. The Morgan fingerprint density at radius 2 is 2.11 bits per heavy atom. The van der Waals surface area contributed by atoms with Crippen LogP contribution in [0.15, 0.2) is 18.2 Å². The number of rotatable bonds is 4. The molecule has 3 rings (SSSR count). The van der Waals surface area contributed by atoms with E-state index in [1.165, 1.54) is 25.3 Å². The van der Waals surface area contributed by atoms with E-state index in [0.717, 1.165) is 29.7 Å². The van der Waals surface area contributed by atoms with Crippen molar-refractivity contribution in [2.24, 2.45) is 17.8 Å². The van der Waals surface area contributed by atoms with Gasteiger partial charge in [0.15, 0.2) is 0 Å². The first-order valence-electron chi connectivity index (χ1n) is 6.82. The molecule has 1 aromatic carbocycles. The molecule has 1 aromatic rings. The molecule has 0 aromatic heterocycles. The minimum absolute atomic E-state index is 0.173. The Bertz CT molecular complexity index is 438. The van der Waals surface area contributed by atoms with E-state index in [4.69, 9.17) is 11.6 Å². The van der Waals surface area contributed by atoms with Crippen LogP contribution in [0.4, 0.5) is 4.39 Å². The number of nitrogens with one attached hydrogen (secondary N) is 1. The van der Waals surface area contributed by atoms with Crippen molar-refractivity contribution in [3.63, 3.8) is 0 Å². The highest BCUT2D eigenvalue weighted by atomic mass is 35.5. The number of halogens is 2. The molecule has 2 aliphatic rings. The second kappa shape index (κ2) is 4.82. The Morgan fingerprint density at radius 3 is 2.72 bits per heavy atom. The van der Waals surface area contributed by atoms with Crippen LogP contribution in [0.3, 0.4) is 0 Å². The number of likely N-dealkylation sites (N-methyl/N-ethyl adjacent to an activating group) is 1. The van der Waals surface area contributed by atoms with Gasteiger partial charge in [-0.1, -0.05) is 24.1 Å². The third-order valence-corrected chi connectivity index (χ3v) is 5.00. The average Bonchev–Trinajstić information content (AvgIpc) is 2.82. The van der Waals surface area contributed by atoms with Gasteiger partial charge in [0.05, 0.1) is 0 Å². The Labute approximate surface area is 113 Å². The molecule has 2 saturated carbocycles. The van der Waals surface area contributed by atoms with Crippen LogP contribution in [0.2, 0.25) is 5.02 Å². The molecule has 3 unspecified atom stereocenters. The van der Waals surface area contributed by atoms with Gasteiger partial charge in [0.1, 0.15) is 5.82 Å². The highest BCUT2D eigenvalue weighted by Crippen LogP contribution is 2.59. The monoisotopic (exact) mass is 267 g/mol. The predicted octanol–water partition coefficient (Wildman–Crippen LogP) is 3.66. The van der Waals surface area contributed by atoms with Crippen molar-refractivity contribution in [1.82, 2.24) is 5.32 Å². The summed E-state index contributed by atoms with van der Waals surface area (Å²) in [6.45, 7) is 0. The first-order chi connectivity index (χ1) is 8.70. The van der Waals surface area contributed by atoms with E-state index in [0.29, 0.717) is 11.1 Å². The van der Waals surface area contributed by atoms with Crippen LogP contribution in [0.25, 0.3) is 0 Å². The molecule has 0 spiro atoms. The van der Waals surface area contributed by atoms with Gasteiger partial charge in [-0.25, -0.2) is 4.39 Å². The summed E-state index contributed by atoms with van der Waals surface area (Å²) >= 11 is 5.78. The number of hydrogen-bond acceptors (Lipinski definition) is 1. The summed E-state index contributed by atoms with van der Waals surface area (Å²) in [5.74, 6) is 2.39. The Morgan fingerprint density at radius 1 is 1.39 bits per heavy atom. The maximum Gasteiger partial charge on any atom is 0.127 e. The molecule has 98 valence electrons. The van der Waals surface area contributed by atoms with Gasteiger partial charge in [-0.2, -0.15) is 0 Å². The molecule has 1 N–H and O–H groups in total. The lowest BCUT2D eigenvalue weighted by Crippen LogP contribution is -2.31. The van der Waals surface area contributed by atoms with Crippen molar-refractivity contribution < 1.29 is 4.39 Å². The van der Waals surface area contributed by atoms with Gasteiger partial charge in [-0.05, 0) is 61.8 Å². The van der Waals surface area contributed by atoms with Crippen LogP contribution >= 0.6 is 11.6 Å². The summed E-state index contributed by atoms with van der Waals surface area (Å²) in [4.78, 5) is 0. The fraction of sp³-hybridized carbons (Fsp3) is 0.600. The zero-order valence-corrected chi connectivity index (χ0v) is 11.4. The lowest BCUT2D eigenvalue weighted by molar-refractivity contribution is 0.422. The summed E-state index contributed by atoms with van der Waals surface area (Å²) in [6.07, 6.45) is 4.90. The lowest BCUT2D eigenvalue weighted by Gasteiger charge is -2.18. The first-order valence-corrected chi connectivity index (χ1v) is 7.19. The molecule has 0 radical (unpaired) electrons. The van der Waals surface area contributed by atoms with Crippen molar-refractivity contribution in [2.75, 3.05) is 7.05 Å². The quantitative estimate of drug-likeness (QED) is 0.878. The molecule has 0 aliphatic heterocycles. The predicted molar refractivity (Wildman–Crippen MR) is 72.3 cm³/mol. The maximum atomic E-state index is 13.8. The van der Waals surface area contributed by atoms with Crippen LogP contribution in [-0.2, 0) is 6.42 Å². The van der Waals surface area contributed by atoms with E-state index < -0.39 is 0 Å². The van der Waals surface area contributed by atoms with Gasteiger partial charge < -0.3 is 5.32 Å². The summed E-state index contributed by atoms with van der Waals surface area (Å²) in [7, 11) is 1.99. The summed E-state index contributed by atoms with van der Waals surface area (Å²) in [5.41, 5.74) is 0.781. The van der Waals surface area contributed by atoms with E-state index in [2.05, 4.69) is 5.32 Å². The first kappa shape index (κ1) is 12.4. The molecular weight excluding hydrogens is 249 g/mol. The van der Waals surface area contributed by atoms with Gasteiger partial charge >= 0.3 is 0 Å². The van der Waals surface area contributed by atoms with Crippen LogP contribution in [-0.4, -0.2) is 13.1 Å². The Hall–Kier alpha value is -0.600. The molecule has 2 aliphatic carbocycles. The summed E-state index contributed by atoms with van der Waals surface area (Å²) in [6, 6.07) is 5.42. The Kier molecular flexibility index (Phi) is 3.33. The lowest BCUT2D eigenvalue weighted by atomic mass is 9.97. The Balaban J connectivity index is 1.70. The van der Waals surface area contributed by atoms with E-state index in [9.17, 15) is 4.39 Å². The number of benzene rings is 1. The molecule has 2 fully saturated rings. The van der Waals surface area contributed by atoms with Crippen molar-refractivity contribution in [1.29, 1.82) is 0 Å². The van der Waals surface area contributed by atoms with Gasteiger partial charge in [-0.3, -0.25) is 0 Å². The van der Waals surface area contributed by atoms with E-state index in [1.807, 2.05) is 13.1 Å². The molecule has 0 saturated heterocycles. The smallest absolute Gasteiger partial charge is 0.127 e. The topological polar surface area (TPSA) is 12.0 Å². The summed E-state index contributed by atoms with van der Waals surface area (Å²) < 4.78 is 13.8. The van der Waals surface area contributed by atoms with Crippen molar-refractivity contribution in [3.8, 4) is 0 Å². The molecule has 3 heteroatoms. The van der Waals surface area contributed by atoms with E-state index in [-0.39, 0.29) is 5.82 Å². The molecule has 0 heterocycles. The molecule has 0 bridgehead atoms. The molecule has 3 atom stereocenters. The van der Waals surface area contributed by atoms with Crippen LogP contribution in [0.1, 0.15) is 24.8 Å². The van der Waals surface area contributed by atoms with E-state index >= 15 is 0 Å². The van der Waals surface area contributed by atoms with Crippen LogP contribution in [0.5, 0.6) is 0 Å². The van der Waals surface area contributed by atoms with Gasteiger partial charge in [0.25, 0.3) is 0 Å². The van der Waals surface area contributed by atoms with Crippen LogP contribution in [0, 0.1) is 23.6 Å². The number of hydrogen-bond donors (Lipinski definition) is 1. The highest BCUT2D eigenvalue weighted by molar-refractivity contribution is 6.30. The zero-order valence-electron chi connectivity index (χ0n) is 10.6. The minimum atomic E-state index is -0.173. The average molecular weight is 268 g/mol. The van der Waals surface area contributed by atoms with Crippen LogP contribution < -0.4 is 5.32 Å². The van der Waals surface area contributed by atoms with Crippen molar-refractivity contribution >= 4 is 11.6 Å². The maximum absolute atomic E-state index is 13.8. The van der Waals surface area contributed by atoms with Gasteiger partial charge in [0, 0.05) is 11.1 Å². The molecule has 18 heavy (non-hydrogen) atoms. The molecule has 0 amide bonds. The fourth-order valence-electron chi connectivity index (χ4n) is 3.83. The SMILES string of the molecule is CNC(Cc1ccc(Cl)cc1F)C1C2CCCC21. The minimum Gasteiger partial charge on any atom is -0.316 e. The third-order valence-electron chi connectivity index (χ3n) is 4.76. The molecular formula is C15H19ClFN. The van der Waals surface area contributed by atoms with Crippen molar-refractivity contribution in [3.05, 3.63) is 34.6 Å². The second-order valence-electron chi connectivity index (χ2n) is 5.67. The van der Waals surface area contributed by atoms with Crippen molar-refractivity contribution in [2.45, 2.75) is 31.7 Å². The zero-order chi connectivity index (χ0) is 12.7. The summed E-state index contributed by atoms with van der Waals surface area (Å²) in [5, 5.41) is 3.86. The highest BCUT2D eigenvalue weighted by Gasteiger charge is 2.55. The fourth-order valence-corrected chi connectivity index (χ4v) is 3.99. The largest absolute Gasteiger partial charge is 0.316 e. The number of fused-ring (bicyclic) bond motifs is 1.